The lowest BCUT2D eigenvalue weighted by atomic mass is 10.0. The second kappa shape index (κ2) is 6.20. The SMILES string of the molecule is Fc1cc(C(Br)c2ccc(Cl)c(Br)c2)c(F)cc1Br. The molecule has 0 heterocycles. The van der Waals surface area contributed by atoms with Crippen molar-refractivity contribution in [3.63, 3.8) is 0 Å². The summed E-state index contributed by atoms with van der Waals surface area (Å²) in [5, 5.41) is 0.561. The van der Waals surface area contributed by atoms with Gasteiger partial charge in [0.25, 0.3) is 0 Å². The highest BCUT2D eigenvalue weighted by Crippen LogP contribution is 2.36. The van der Waals surface area contributed by atoms with Crippen LogP contribution in [-0.2, 0) is 0 Å². The van der Waals surface area contributed by atoms with Crippen molar-refractivity contribution < 1.29 is 8.78 Å². The average Bonchev–Trinajstić information content (AvgIpc) is 2.36. The molecule has 0 aliphatic rings. The normalized spacial score (nSPS) is 12.5. The smallest absolute Gasteiger partial charge is 0.137 e. The van der Waals surface area contributed by atoms with Gasteiger partial charge in [-0.3, -0.25) is 0 Å². The molecular weight excluding hydrogens is 469 g/mol. The predicted octanol–water partition coefficient (Wildman–Crippen LogP) is 6.63. The van der Waals surface area contributed by atoms with Crippen molar-refractivity contribution in [2.24, 2.45) is 0 Å². The van der Waals surface area contributed by atoms with Gasteiger partial charge in [0.15, 0.2) is 0 Å². The van der Waals surface area contributed by atoms with E-state index in [4.69, 9.17) is 11.6 Å². The predicted molar refractivity (Wildman–Crippen MR) is 84.0 cm³/mol. The zero-order valence-corrected chi connectivity index (χ0v) is 14.7. The van der Waals surface area contributed by atoms with Gasteiger partial charge >= 0.3 is 0 Å². The van der Waals surface area contributed by atoms with E-state index in [1.54, 1.807) is 18.2 Å². The molecular formula is C13H6Br3ClF2. The van der Waals surface area contributed by atoms with Crippen molar-refractivity contribution in [3.05, 3.63) is 67.1 Å². The highest BCUT2D eigenvalue weighted by atomic mass is 79.9. The van der Waals surface area contributed by atoms with Crippen LogP contribution in [0.3, 0.4) is 0 Å². The van der Waals surface area contributed by atoms with Crippen molar-refractivity contribution >= 4 is 59.4 Å². The number of benzene rings is 2. The largest absolute Gasteiger partial charge is 0.207 e. The maximum Gasteiger partial charge on any atom is 0.137 e. The van der Waals surface area contributed by atoms with E-state index in [2.05, 4.69) is 47.8 Å². The molecule has 0 aliphatic heterocycles. The molecule has 2 rings (SSSR count). The van der Waals surface area contributed by atoms with Gasteiger partial charge < -0.3 is 0 Å². The zero-order valence-electron chi connectivity index (χ0n) is 9.23. The Labute approximate surface area is 139 Å². The third-order valence-electron chi connectivity index (χ3n) is 2.55. The van der Waals surface area contributed by atoms with Crippen LogP contribution >= 0.6 is 59.4 Å². The summed E-state index contributed by atoms with van der Waals surface area (Å²) in [5.41, 5.74) is 1.01. The van der Waals surface area contributed by atoms with Gasteiger partial charge in [-0.15, -0.1) is 0 Å². The molecule has 0 nitrogen and oxygen atoms in total. The van der Waals surface area contributed by atoms with Gasteiger partial charge in [-0.1, -0.05) is 33.6 Å². The number of alkyl halides is 1. The maximum absolute atomic E-state index is 13.9. The van der Waals surface area contributed by atoms with Crippen molar-refractivity contribution in [2.75, 3.05) is 0 Å². The lowest BCUT2D eigenvalue weighted by molar-refractivity contribution is 0.583. The molecule has 2 aromatic rings. The van der Waals surface area contributed by atoms with E-state index in [-0.39, 0.29) is 10.0 Å². The molecule has 2 aromatic carbocycles. The van der Waals surface area contributed by atoms with Crippen LogP contribution in [0.2, 0.25) is 5.02 Å². The Bertz CT molecular complexity index is 632. The highest BCUT2D eigenvalue weighted by molar-refractivity contribution is 9.11. The first-order valence-electron chi connectivity index (χ1n) is 5.13. The average molecular weight is 475 g/mol. The van der Waals surface area contributed by atoms with Crippen molar-refractivity contribution in [1.29, 1.82) is 0 Å². The number of rotatable bonds is 2. The molecule has 100 valence electrons. The van der Waals surface area contributed by atoms with Crippen molar-refractivity contribution in [3.8, 4) is 0 Å². The minimum atomic E-state index is -0.506. The Kier molecular flexibility index (Phi) is 5.04. The van der Waals surface area contributed by atoms with Gasteiger partial charge in [0, 0.05) is 10.0 Å². The lowest BCUT2D eigenvalue weighted by Gasteiger charge is -2.13. The van der Waals surface area contributed by atoms with E-state index in [9.17, 15) is 8.78 Å². The van der Waals surface area contributed by atoms with Gasteiger partial charge in [-0.25, -0.2) is 8.78 Å². The fourth-order valence-electron chi connectivity index (χ4n) is 1.58. The highest BCUT2D eigenvalue weighted by Gasteiger charge is 2.18. The first-order valence-corrected chi connectivity index (χ1v) is 8.01. The van der Waals surface area contributed by atoms with Crippen LogP contribution in [0, 0.1) is 11.6 Å². The van der Waals surface area contributed by atoms with Crippen LogP contribution < -0.4 is 0 Å². The fraction of sp³-hybridized carbons (Fsp3) is 0.0769. The topological polar surface area (TPSA) is 0 Å². The van der Waals surface area contributed by atoms with Crippen molar-refractivity contribution in [2.45, 2.75) is 4.83 Å². The lowest BCUT2D eigenvalue weighted by Crippen LogP contribution is -1.98. The number of halogens is 6. The van der Waals surface area contributed by atoms with E-state index in [0.29, 0.717) is 9.50 Å². The third kappa shape index (κ3) is 3.38. The first-order chi connectivity index (χ1) is 8.90. The van der Waals surface area contributed by atoms with Gasteiger partial charge in [-0.05, 0) is 61.7 Å². The summed E-state index contributed by atoms with van der Waals surface area (Å²) in [6, 6.07) is 7.50. The summed E-state index contributed by atoms with van der Waals surface area (Å²) in [4.78, 5) is -0.455. The Morgan fingerprint density at radius 1 is 0.947 bits per heavy atom. The number of hydrogen-bond donors (Lipinski definition) is 0. The van der Waals surface area contributed by atoms with Gasteiger partial charge in [0.1, 0.15) is 11.6 Å². The molecule has 0 N–H and O–H groups in total. The molecule has 0 amide bonds. The summed E-state index contributed by atoms with van der Waals surface area (Å²) in [6.45, 7) is 0. The van der Waals surface area contributed by atoms with E-state index in [0.717, 1.165) is 11.6 Å². The molecule has 19 heavy (non-hydrogen) atoms. The molecule has 0 spiro atoms. The zero-order chi connectivity index (χ0) is 14.2. The minimum absolute atomic E-state index is 0.103. The van der Waals surface area contributed by atoms with Gasteiger partial charge in [0.2, 0.25) is 0 Å². The molecule has 1 atom stereocenters. The van der Waals surface area contributed by atoms with E-state index in [1.807, 2.05) is 0 Å². The number of hydrogen-bond acceptors (Lipinski definition) is 0. The summed E-state index contributed by atoms with van der Waals surface area (Å²) in [6.07, 6.45) is 0. The molecule has 0 fully saturated rings. The summed E-state index contributed by atoms with van der Waals surface area (Å²) in [7, 11) is 0. The van der Waals surface area contributed by atoms with E-state index in [1.165, 1.54) is 6.07 Å². The molecule has 0 saturated heterocycles. The Hall–Kier alpha value is 0.0300. The van der Waals surface area contributed by atoms with Crippen LogP contribution in [0.4, 0.5) is 8.78 Å². The van der Waals surface area contributed by atoms with Crippen LogP contribution in [-0.4, -0.2) is 0 Å². The first kappa shape index (κ1) is 15.4. The molecule has 0 radical (unpaired) electrons. The van der Waals surface area contributed by atoms with E-state index >= 15 is 0 Å². The summed E-state index contributed by atoms with van der Waals surface area (Å²) < 4.78 is 28.2. The Balaban J connectivity index is 2.46. The summed E-state index contributed by atoms with van der Waals surface area (Å²) >= 11 is 15.5. The second-order valence-electron chi connectivity index (χ2n) is 3.82. The standard InChI is InChI=1S/C13H6Br3ClF2/c14-8-3-6(1-2-10(8)17)13(16)7-4-12(19)9(15)5-11(7)18/h1-5,13H. The van der Waals surface area contributed by atoms with Crippen LogP contribution in [0.25, 0.3) is 0 Å². The second-order valence-corrected chi connectivity index (χ2v) is 6.86. The molecule has 0 aromatic heterocycles. The third-order valence-corrected chi connectivity index (χ3v) is 5.39. The summed E-state index contributed by atoms with van der Waals surface area (Å²) in [5.74, 6) is -0.991. The van der Waals surface area contributed by atoms with Crippen LogP contribution in [0.1, 0.15) is 16.0 Å². The van der Waals surface area contributed by atoms with Gasteiger partial charge in [-0.2, -0.15) is 0 Å². The monoisotopic (exact) mass is 472 g/mol. The maximum atomic E-state index is 13.9. The van der Waals surface area contributed by atoms with Crippen LogP contribution in [0.5, 0.6) is 0 Å². The quantitative estimate of drug-likeness (QED) is 0.338. The minimum Gasteiger partial charge on any atom is -0.207 e. The van der Waals surface area contributed by atoms with Crippen molar-refractivity contribution in [1.82, 2.24) is 0 Å². The molecule has 0 bridgehead atoms. The molecule has 1 unspecified atom stereocenters. The van der Waals surface area contributed by atoms with Crippen LogP contribution in [0.15, 0.2) is 39.3 Å². The molecule has 0 aliphatic carbocycles. The fourth-order valence-corrected chi connectivity index (χ4v) is 3.05. The van der Waals surface area contributed by atoms with E-state index < -0.39 is 16.5 Å². The molecule has 0 saturated carbocycles. The Morgan fingerprint density at radius 3 is 2.26 bits per heavy atom. The molecule has 6 heteroatoms. The van der Waals surface area contributed by atoms with Gasteiger partial charge in [0.05, 0.1) is 14.3 Å². The Morgan fingerprint density at radius 2 is 1.63 bits per heavy atom.